The van der Waals surface area contributed by atoms with Gasteiger partial charge in [0.05, 0.1) is 0 Å². The van der Waals surface area contributed by atoms with E-state index in [0.717, 1.165) is 5.57 Å². The molecule has 2 heteroatoms. The molecule has 1 rings (SSSR count). The summed E-state index contributed by atoms with van der Waals surface area (Å²) in [5, 5.41) is 0. The van der Waals surface area contributed by atoms with E-state index in [1.165, 1.54) is 6.92 Å². The van der Waals surface area contributed by atoms with Gasteiger partial charge in [0.1, 0.15) is 12.2 Å². The van der Waals surface area contributed by atoms with Crippen molar-refractivity contribution >= 4 is 5.78 Å². The summed E-state index contributed by atoms with van der Waals surface area (Å²) >= 11 is 0. The Morgan fingerprint density at radius 2 is 2.27 bits per heavy atom. The standard InChI is InChI=1S/C9H10O2/c1-4-6(2)5-8-9(11-8)7(3)10/h1,5,8-9H,2-3H3/b6-5-. The second-order valence-electron chi connectivity index (χ2n) is 2.63. The largest absolute Gasteiger partial charge is 0.357 e. The van der Waals surface area contributed by atoms with Gasteiger partial charge in [-0.1, -0.05) is 5.92 Å². The average molecular weight is 150 g/mol. The lowest BCUT2D eigenvalue weighted by Crippen LogP contribution is -2.02. The van der Waals surface area contributed by atoms with Crippen LogP contribution in [0.2, 0.25) is 0 Å². The van der Waals surface area contributed by atoms with Crippen LogP contribution in [0.1, 0.15) is 13.8 Å². The van der Waals surface area contributed by atoms with Gasteiger partial charge < -0.3 is 4.74 Å². The zero-order chi connectivity index (χ0) is 8.43. The number of carbonyl (C=O) groups is 1. The third-order valence-corrected chi connectivity index (χ3v) is 1.57. The van der Waals surface area contributed by atoms with Gasteiger partial charge in [-0.2, -0.15) is 0 Å². The minimum absolute atomic E-state index is 0.0658. The van der Waals surface area contributed by atoms with Gasteiger partial charge in [0.2, 0.25) is 0 Å². The van der Waals surface area contributed by atoms with E-state index < -0.39 is 0 Å². The predicted molar refractivity (Wildman–Crippen MR) is 41.9 cm³/mol. The Bertz CT molecular complexity index is 245. The van der Waals surface area contributed by atoms with Crippen molar-refractivity contribution in [3.8, 4) is 12.3 Å². The maximum atomic E-state index is 10.7. The number of terminal acetylenes is 1. The molecule has 0 amide bonds. The van der Waals surface area contributed by atoms with E-state index in [1.54, 1.807) is 6.08 Å². The van der Waals surface area contributed by atoms with Crippen LogP contribution in [0.4, 0.5) is 0 Å². The first-order chi connectivity index (χ1) is 5.15. The van der Waals surface area contributed by atoms with Gasteiger partial charge in [0.25, 0.3) is 0 Å². The Balaban J connectivity index is 2.47. The van der Waals surface area contributed by atoms with E-state index >= 15 is 0 Å². The minimum atomic E-state index is -0.238. The summed E-state index contributed by atoms with van der Waals surface area (Å²) in [5.41, 5.74) is 0.818. The van der Waals surface area contributed by atoms with Crippen LogP contribution in [0.25, 0.3) is 0 Å². The summed E-state index contributed by atoms with van der Waals surface area (Å²) in [7, 11) is 0. The zero-order valence-electron chi connectivity index (χ0n) is 6.63. The fraction of sp³-hybridized carbons (Fsp3) is 0.444. The van der Waals surface area contributed by atoms with Crippen molar-refractivity contribution in [1.82, 2.24) is 0 Å². The fourth-order valence-corrected chi connectivity index (χ4v) is 0.872. The Kier molecular flexibility index (Phi) is 2.11. The first-order valence-electron chi connectivity index (χ1n) is 3.46. The molecule has 1 heterocycles. The second kappa shape index (κ2) is 2.89. The molecule has 0 aromatic carbocycles. The normalized spacial score (nSPS) is 29.4. The lowest BCUT2D eigenvalue weighted by atomic mass is 10.2. The average Bonchev–Trinajstić information content (AvgIpc) is 2.67. The minimum Gasteiger partial charge on any atom is -0.357 e. The van der Waals surface area contributed by atoms with Gasteiger partial charge in [-0.25, -0.2) is 0 Å². The van der Waals surface area contributed by atoms with E-state index in [1.807, 2.05) is 6.92 Å². The molecule has 0 N–H and O–H groups in total. The summed E-state index contributed by atoms with van der Waals surface area (Å²) in [5.74, 6) is 2.53. The molecular weight excluding hydrogens is 140 g/mol. The number of epoxide rings is 1. The summed E-state index contributed by atoms with van der Waals surface area (Å²) in [4.78, 5) is 10.7. The quantitative estimate of drug-likeness (QED) is 0.432. The van der Waals surface area contributed by atoms with Crippen LogP contribution < -0.4 is 0 Å². The maximum Gasteiger partial charge on any atom is 0.161 e. The molecule has 2 unspecified atom stereocenters. The number of carbonyl (C=O) groups excluding carboxylic acids is 1. The highest BCUT2D eigenvalue weighted by Crippen LogP contribution is 2.24. The molecule has 58 valence electrons. The maximum absolute atomic E-state index is 10.7. The van der Waals surface area contributed by atoms with Crippen LogP contribution in [0.5, 0.6) is 0 Å². The molecule has 0 aromatic heterocycles. The molecule has 0 aromatic rings. The Morgan fingerprint density at radius 3 is 2.64 bits per heavy atom. The topological polar surface area (TPSA) is 29.6 Å². The Hall–Kier alpha value is -1.07. The van der Waals surface area contributed by atoms with E-state index in [-0.39, 0.29) is 18.0 Å². The van der Waals surface area contributed by atoms with Gasteiger partial charge in [0, 0.05) is 0 Å². The first kappa shape index (κ1) is 8.03. The monoisotopic (exact) mass is 150 g/mol. The highest BCUT2D eigenvalue weighted by molar-refractivity contribution is 5.83. The SMILES string of the molecule is C#C/C(C)=C\C1OC1C(C)=O. The van der Waals surface area contributed by atoms with Gasteiger partial charge in [-0.05, 0) is 25.5 Å². The van der Waals surface area contributed by atoms with Crippen LogP contribution in [0, 0.1) is 12.3 Å². The third-order valence-electron chi connectivity index (χ3n) is 1.57. The summed E-state index contributed by atoms with van der Waals surface area (Å²) < 4.78 is 5.03. The molecule has 0 spiro atoms. The van der Waals surface area contributed by atoms with E-state index in [2.05, 4.69) is 5.92 Å². The number of allylic oxidation sites excluding steroid dienone is 1. The number of hydrogen-bond donors (Lipinski definition) is 0. The number of ketones is 1. The molecule has 0 bridgehead atoms. The van der Waals surface area contributed by atoms with Gasteiger partial charge >= 0.3 is 0 Å². The van der Waals surface area contributed by atoms with Crippen LogP contribution in [0.15, 0.2) is 11.6 Å². The van der Waals surface area contributed by atoms with Crippen molar-refractivity contribution in [1.29, 1.82) is 0 Å². The molecular formula is C9H10O2. The van der Waals surface area contributed by atoms with Crippen molar-refractivity contribution < 1.29 is 9.53 Å². The number of hydrogen-bond acceptors (Lipinski definition) is 2. The van der Waals surface area contributed by atoms with Crippen LogP contribution in [0.3, 0.4) is 0 Å². The van der Waals surface area contributed by atoms with Crippen molar-refractivity contribution in [3.63, 3.8) is 0 Å². The number of Topliss-reactive ketones (excluding diaryl/α,β-unsaturated/α-hetero) is 1. The van der Waals surface area contributed by atoms with E-state index in [0.29, 0.717) is 0 Å². The van der Waals surface area contributed by atoms with Gasteiger partial charge in [-0.3, -0.25) is 4.79 Å². The summed E-state index contributed by atoms with van der Waals surface area (Å²) in [6.45, 7) is 3.34. The number of ether oxygens (including phenoxy) is 1. The molecule has 1 saturated heterocycles. The van der Waals surface area contributed by atoms with Crippen molar-refractivity contribution in [2.24, 2.45) is 0 Å². The predicted octanol–water partition coefficient (Wildman–Crippen LogP) is 0.922. The molecule has 0 aliphatic carbocycles. The van der Waals surface area contributed by atoms with Crippen molar-refractivity contribution in [3.05, 3.63) is 11.6 Å². The smallest absolute Gasteiger partial charge is 0.161 e. The molecule has 2 atom stereocenters. The van der Waals surface area contributed by atoms with Crippen molar-refractivity contribution in [2.75, 3.05) is 0 Å². The third kappa shape index (κ3) is 1.92. The summed E-state index contributed by atoms with van der Waals surface area (Å²) in [6.07, 6.45) is 6.60. The van der Waals surface area contributed by atoms with E-state index in [9.17, 15) is 4.79 Å². The Labute approximate surface area is 66.2 Å². The van der Waals surface area contributed by atoms with Crippen LogP contribution in [-0.2, 0) is 9.53 Å². The lowest BCUT2D eigenvalue weighted by Gasteiger charge is -1.83. The molecule has 0 saturated carbocycles. The summed E-state index contributed by atoms with van der Waals surface area (Å²) in [6, 6.07) is 0. The Morgan fingerprint density at radius 1 is 1.64 bits per heavy atom. The second-order valence-corrected chi connectivity index (χ2v) is 2.63. The first-order valence-corrected chi connectivity index (χ1v) is 3.46. The number of rotatable bonds is 2. The fourth-order valence-electron chi connectivity index (χ4n) is 0.872. The molecule has 11 heavy (non-hydrogen) atoms. The van der Waals surface area contributed by atoms with Gasteiger partial charge in [-0.15, -0.1) is 6.42 Å². The highest BCUT2D eigenvalue weighted by Gasteiger charge is 2.40. The van der Waals surface area contributed by atoms with Crippen LogP contribution in [-0.4, -0.2) is 18.0 Å². The van der Waals surface area contributed by atoms with Crippen molar-refractivity contribution in [2.45, 2.75) is 26.1 Å². The molecule has 2 nitrogen and oxygen atoms in total. The van der Waals surface area contributed by atoms with Gasteiger partial charge in [0.15, 0.2) is 5.78 Å². The van der Waals surface area contributed by atoms with Crippen LogP contribution >= 0.6 is 0 Å². The highest BCUT2D eigenvalue weighted by atomic mass is 16.6. The lowest BCUT2D eigenvalue weighted by molar-refractivity contribution is -0.118. The molecule has 0 radical (unpaired) electrons. The zero-order valence-corrected chi connectivity index (χ0v) is 6.63. The molecule has 1 fully saturated rings. The molecule has 1 aliphatic rings. The van der Waals surface area contributed by atoms with E-state index in [4.69, 9.17) is 11.2 Å². The molecule has 1 aliphatic heterocycles.